The van der Waals surface area contributed by atoms with Crippen molar-refractivity contribution in [3.05, 3.63) is 72.4 Å². The predicted molar refractivity (Wildman–Crippen MR) is 75.8 cm³/mol. The molecule has 116 valence electrons. The number of aromatic nitrogens is 4. The molecule has 3 aromatic rings. The third-order valence-electron chi connectivity index (χ3n) is 2.92. The van der Waals surface area contributed by atoms with Crippen LogP contribution in [0.25, 0.3) is 5.69 Å². The van der Waals surface area contributed by atoms with E-state index in [-0.39, 0.29) is 5.95 Å². The summed E-state index contributed by atoms with van der Waals surface area (Å²) >= 11 is 0. The molecule has 0 aliphatic carbocycles. The molecule has 0 radical (unpaired) electrons. The minimum atomic E-state index is -4.47. The van der Waals surface area contributed by atoms with Crippen LogP contribution in [0, 0.1) is 0 Å². The third-order valence-corrected chi connectivity index (χ3v) is 2.92. The lowest BCUT2D eigenvalue weighted by Crippen LogP contribution is -2.18. The highest BCUT2D eigenvalue weighted by atomic mass is 19.4. The highest BCUT2D eigenvalue weighted by Crippen LogP contribution is 2.27. The second-order valence-corrected chi connectivity index (χ2v) is 4.49. The predicted octanol–water partition coefficient (Wildman–Crippen LogP) is 2.91. The molecule has 0 spiro atoms. The minimum absolute atomic E-state index is 0.257. The number of rotatable bonds is 2. The summed E-state index contributed by atoms with van der Waals surface area (Å²) in [6.07, 6.45) is 1.46. The summed E-state index contributed by atoms with van der Waals surface area (Å²) < 4.78 is 39.4. The van der Waals surface area contributed by atoms with Gasteiger partial charge in [-0.2, -0.15) is 18.2 Å². The smallest absolute Gasteiger partial charge is 0.300 e. The van der Waals surface area contributed by atoms with Crippen LogP contribution in [-0.4, -0.2) is 19.5 Å². The molecular weight excluding hydrogens is 307 g/mol. The fraction of sp³-hybridized carbons (Fsp3) is 0.0667. The number of hydrogen-bond acceptors (Lipinski definition) is 4. The Labute approximate surface area is 128 Å². The van der Waals surface area contributed by atoms with Gasteiger partial charge in [-0.05, 0) is 30.3 Å². The van der Waals surface area contributed by atoms with Gasteiger partial charge in [0, 0.05) is 18.6 Å². The maximum absolute atomic E-state index is 12.6. The van der Waals surface area contributed by atoms with Crippen LogP contribution in [0.5, 0.6) is 0 Å². The molecule has 0 amide bonds. The monoisotopic (exact) mass is 317 g/mol. The molecule has 3 rings (SSSR count). The number of alkyl halides is 3. The van der Waals surface area contributed by atoms with Crippen molar-refractivity contribution in [1.82, 2.24) is 19.5 Å². The van der Waals surface area contributed by atoms with Crippen molar-refractivity contribution in [2.24, 2.45) is 4.99 Å². The van der Waals surface area contributed by atoms with Crippen molar-refractivity contribution in [3.8, 4) is 5.69 Å². The molecule has 3 heterocycles. The number of nitrogens with zero attached hydrogens (tertiary/aromatic N) is 5. The van der Waals surface area contributed by atoms with Crippen molar-refractivity contribution in [3.63, 3.8) is 0 Å². The van der Waals surface area contributed by atoms with E-state index in [0.29, 0.717) is 11.2 Å². The lowest BCUT2D eigenvalue weighted by molar-refractivity contribution is -0.141. The zero-order valence-corrected chi connectivity index (χ0v) is 11.6. The third kappa shape index (κ3) is 3.42. The van der Waals surface area contributed by atoms with E-state index in [1.165, 1.54) is 6.07 Å². The van der Waals surface area contributed by atoms with Crippen molar-refractivity contribution in [2.45, 2.75) is 6.18 Å². The summed E-state index contributed by atoms with van der Waals surface area (Å²) in [5.74, 6) is 0.257. The highest BCUT2D eigenvalue weighted by Gasteiger charge is 2.32. The molecular formula is C15H10F3N5. The number of halogens is 3. The van der Waals surface area contributed by atoms with Gasteiger partial charge < -0.3 is 4.57 Å². The first kappa shape index (κ1) is 14.9. The zero-order chi connectivity index (χ0) is 16.3. The Kier molecular flexibility index (Phi) is 3.88. The van der Waals surface area contributed by atoms with Crippen LogP contribution in [0.1, 0.15) is 5.69 Å². The summed E-state index contributed by atoms with van der Waals surface area (Å²) in [5.41, 5.74) is -0.0174. The van der Waals surface area contributed by atoms with E-state index in [2.05, 4.69) is 19.9 Å². The first-order valence-corrected chi connectivity index (χ1v) is 6.57. The maximum Gasteiger partial charge on any atom is 0.433 e. The quantitative estimate of drug-likeness (QED) is 0.730. The molecule has 0 aliphatic heterocycles. The van der Waals surface area contributed by atoms with E-state index in [4.69, 9.17) is 0 Å². The van der Waals surface area contributed by atoms with Gasteiger partial charge in [0.25, 0.3) is 5.95 Å². The van der Waals surface area contributed by atoms with Crippen LogP contribution in [-0.2, 0) is 6.18 Å². The fourth-order valence-electron chi connectivity index (χ4n) is 1.89. The average molecular weight is 317 g/mol. The molecule has 0 fully saturated rings. The van der Waals surface area contributed by atoms with Crippen LogP contribution in [0.3, 0.4) is 0 Å². The molecule has 0 unspecified atom stereocenters. The Hall–Kier alpha value is -3.03. The van der Waals surface area contributed by atoms with Gasteiger partial charge in [-0.25, -0.2) is 15.0 Å². The summed E-state index contributed by atoms with van der Waals surface area (Å²) in [6.45, 7) is 0. The second kappa shape index (κ2) is 5.99. The van der Waals surface area contributed by atoms with Crippen LogP contribution in [0.15, 0.2) is 66.2 Å². The number of pyridine rings is 2. The van der Waals surface area contributed by atoms with Gasteiger partial charge in [0.2, 0.25) is 0 Å². The molecule has 0 atom stereocenters. The van der Waals surface area contributed by atoms with Gasteiger partial charge in [0.05, 0.1) is 11.9 Å². The molecule has 0 aromatic carbocycles. The topological polar surface area (TPSA) is 56.0 Å². The summed E-state index contributed by atoms with van der Waals surface area (Å²) in [7, 11) is 0. The van der Waals surface area contributed by atoms with E-state index in [9.17, 15) is 13.2 Å². The normalized spacial score (nSPS) is 12.4. The maximum atomic E-state index is 12.6. The van der Waals surface area contributed by atoms with Gasteiger partial charge in [-0.1, -0.05) is 6.07 Å². The van der Waals surface area contributed by atoms with Crippen LogP contribution in [0.4, 0.5) is 19.1 Å². The fourth-order valence-corrected chi connectivity index (χ4v) is 1.89. The Balaban J connectivity index is 2.06. The SMILES string of the molecule is FC(F)(F)c1ccc(-n2ccccc2=Nc2ncccn2)cn1. The summed E-state index contributed by atoms with van der Waals surface area (Å²) in [5, 5.41) is 0. The number of hydrogen-bond donors (Lipinski definition) is 0. The van der Waals surface area contributed by atoms with Crippen molar-refractivity contribution in [2.75, 3.05) is 0 Å². The first-order chi connectivity index (χ1) is 11.0. The van der Waals surface area contributed by atoms with Crippen LogP contribution in [0.2, 0.25) is 0 Å². The van der Waals surface area contributed by atoms with Gasteiger partial charge in [-0.3, -0.25) is 0 Å². The molecule has 3 aromatic heterocycles. The van der Waals surface area contributed by atoms with Crippen molar-refractivity contribution < 1.29 is 13.2 Å². The molecule has 0 bridgehead atoms. The average Bonchev–Trinajstić information content (AvgIpc) is 2.56. The van der Waals surface area contributed by atoms with E-state index in [1.54, 1.807) is 47.4 Å². The van der Waals surface area contributed by atoms with Gasteiger partial charge >= 0.3 is 6.18 Å². The lowest BCUT2D eigenvalue weighted by Gasteiger charge is -2.09. The van der Waals surface area contributed by atoms with Gasteiger partial charge in [0.15, 0.2) is 0 Å². The van der Waals surface area contributed by atoms with Gasteiger partial charge in [0.1, 0.15) is 11.2 Å². The summed E-state index contributed by atoms with van der Waals surface area (Å²) in [6, 6.07) is 9.13. The summed E-state index contributed by atoms with van der Waals surface area (Å²) in [4.78, 5) is 15.7. The largest absolute Gasteiger partial charge is 0.433 e. The highest BCUT2D eigenvalue weighted by molar-refractivity contribution is 5.31. The Morgan fingerprint density at radius 3 is 2.35 bits per heavy atom. The standard InChI is InChI=1S/C15H10F3N5/c16-15(17,18)12-6-5-11(10-21-12)23-9-2-1-4-13(23)22-14-19-7-3-8-20-14/h1-10H. The zero-order valence-electron chi connectivity index (χ0n) is 11.6. The van der Waals surface area contributed by atoms with E-state index >= 15 is 0 Å². The molecule has 23 heavy (non-hydrogen) atoms. The Bertz CT molecular complexity index is 855. The lowest BCUT2D eigenvalue weighted by atomic mass is 10.3. The van der Waals surface area contributed by atoms with Crippen molar-refractivity contribution in [1.29, 1.82) is 0 Å². The Morgan fingerprint density at radius 2 is 1.70 bits per heavy atom. The molecule has 0 N–H and O–H groups in total. The first-order valence-electron chi connectivity index (χ1n) is 6.57. The minimum Gasteiger partial charge on any atom is -0.300 e. The van der Waals surface area contributed by atoms with E-state index in [1.807, 2.05) is 0 Å². The molecule has 8 heteroatoms. The van der Waals surface area contributed by atoms with E-state index in [0.717, 1.165) is 12.3 Å². The Morgan fingerprint density at radius 1 is 0.913 bits per heavy atom. The van der Waals surface area contributed by atoms with E-state index < -0.39 is 11.9 Å². The second-order valence-electron chi connectivity index (χ2n) is 4.49. The van der Waals surface area contributed by atoms with Gasteiger partial charge in [-0.15, -0.1) is 0 Å². The molecule has 0 aliphatic rings. The molecule has 0 saturated heterocycles. The molecule has 5 nitrogen and oxygen atoms in total. The van der Waals surface area contributed by atoms with Crippen molar-refractivity contribution >= 4 is 5.95 Å². The molecule has 0 saturated carbocycles. The van der Waals surface area contributed by atoms with Crippen LogP contribution < -0.4 is 5.49 Å². The van der Waals surface area contributed by atoms with Crippen LogP contribution >= 0.6 is 0 Å².